The number of pyridine rings is 1. The van der Waals surface area contributed by atoms with Gasteiger partial charge in [-0.15, -0.1) is 0 Å². The average molecular weight is 552 g/mol. The van der Waals surface area contributed by atoms with Crippen LogP contribution in [0.25, 0.3) is 10.9 Å². The zero-order valence-electron chi connectivity index (χ0n) is 20.6. The molecule has 0 spiro atoms. The molecule has 204 valence electrons. The van der Waals surface area contributed by atoms with Gasteiger partial charge in [0.2, 0.25) is 0 Å². The first kappa shape index (κ1) is 28.1. The maximum absolute atomic E-state index is 13.5. The van der Waals surface area contributed by atoms with Crippen LogP contribution in [0.15, 0.2) is 52.3 Å². The van der Waals surface area contributed by atoms with E-state index < -0.39 is 11.7 Å². The Labute approximate surface area is 222 Å². The van der Waals surface area contributed by atoms with E-state index in [9.17, 15) is 33.4 Å². The molecule has 11 heteroatoms. The van der Waals surface area contributed by atoms with Crippen molar-refractivity contribution in [2.24, 2.45) is 4.99 Å². The Bertz CT molecular complexity index is 1370. The van der Waals surface area contributed by atoms with Gasteiger partial charge in [-0.2, -0.15) is 17.9 Å². The first-order valence-electron chi connectivity index (χ1n) is 12.3. The largest absolute Gasteiger partial charge is 0.428 e. The van der Waals surface area contributed by atoms with Crippen molar-refractivity contribution < 1.29 is 28.6 Å². The lowest BCUT2D eigenvalue weighted by atomic mass is 9.80. The summed E-state index contributed by atoms with van der Waals surface area (Å²) >= 11 is 6.11. The number of rotatable bonds is 9. The highest BCUT2D eigenvalue weighted by molar-refractivity contribution is 6.31. The smallest absolute Gasteiger partial charge is 0.416 e. The second kappa shape index (κ2) is 11.9. The Kier molecular flexibility index (Phi) is 8.77. The van der Waals surface area contributed by atoms with Gasteiger partial charge >= 0.3 is 6.18 Å². The second-order valence-electron chi connectivity index (χ2n) is 9.32. The fourth-order valence-electron chi connectivity index (χ4n) is 4.97. The molecule has 0 fully saturated rings. The fourth-order valence-corrected chi connectivity index (χ4v) is 5.14. The molecule has 7 nitrogen and oxygen atoms in total. The normalized spacial score (nSPS) is 16.9. The summed E-state index contributed by atoms with van der Waals surface area (Å²) in [6.07, 6.45) is -3.30. The third-order valence-corrected chi connectivity index (χ3v) is 7.08. The molecule has 38 heavy (non-hydrogen) atoms. The number of hydrogen-bond acceptors (Lipinski definition) is 6. The summed E-state index contributed by atoms with van der Waals surface area (Å²) < 4.78 is 40.2. The molecule has 0 saturated carbocycles. The van der Waals surface area contributed by atoms with Crippen LogP contribution in [0.3, 0.4) is 0 Å². The number of fused-ring (bicyclic) bond motifs is 2. The molecule has 4 rings (SSSR count). The predicted octanol–water partition coefficient (Wildman–Crippen LogP) is 4.11. The zero-order valence-corrected chi connectivity index (χ0v) is 21.3. The summed E-state index contributed by atoms with van der Waals surface area (Å²) in [6.45, 7) is 1.67. The molecular weight excluding hydrogens is 523 g/mol. The van der Waals surface area contributed by atoms with E-state index in [0.29, 0.717) is 61.0 Å². The molecule has 0 bridgehead atoms. The molecule has 1 aliphatic carbocycles. The molecule has 1 unspecified atom stereocenters. The number of halogens is 4. The molecule has 0 amide bonds. The quantitative estimate of drug-likeness (QED) is 0.275. The van der Waals surface area contributed by atoms with E-state index in [-0.39, 0.29) is 47.4 Å². The van der Waals surface area contributed by atoms with E-state index in [1.54, 1.807) is 12.1 Å². The van der Waals surface area contributed by atoms with Crippen LogP contribution in [0, 0.1) is 0 Å². The van der Waals surface area contributed by atoms with Gasteiger partial charge in [0.05, 0.1) is 40.9 Å². The Morgan fingerprint density at radius 2 is 1.71 bits per heavy atom. The summed E-state index contributed by atoms with van der Waals surface area (Å²) in [4.78, 5) is 20.2. The lowest BCUT2D eigenvalue weighted by Crippen LogP contribution is -2.32. The lowest BCUT2D eigenvalue weighted by Gasteiger charge is -2.28. The van der Waals surface area contributed by atoms with Crippen molar-refractivity contribution in [1.29, 1.82) is 0 Å². The number of aliphatic imine (C=N–C) groups is 1. The van der Waals surface area contributed by atoms with Crippen molar-refractivity contribution in [1.82, 2.24) is 9.63 Å². The van der Waals surface area contributed by atoms with Crippen LogP contribution >= 0.6 is 11.6 Å². The van der Waals surface area contributed by atoms with Gasteiger partial charge in [0.1, 0.15) is 0 Å². The maximum atomic E-state index is 13.5. The highest BCUT2D eigenvalue weighted by Crippen LogP contribution is 2.35. The minimum Gasteiger partial charge on any atom is -0.428 e. The van der Waals surface area contributed by atoms with Gasteiger partial charge in [0, 0.05) is 36.9 Å². The Morgan fingerprint density at radius 1 is 1.03 bits per heavy atom. The minimum absolute atomic E-state index is 0.0393. The Hall–Kier alpha value is -2.92. The molecule has 3 aromatic rings. The lowest BCUT2D eigenvalue weighted by molar-refractivity contribution is -0.137. The van der Waals surface area contributed by atoms with Crippen LogP contribution in [0.4, 0.5) is 13.2 Å². The van der Waals surface area contributed by atoms with Gasteiger partial charge in [0.15, 0.2) is 5.43 Å². The SMILES string of the molecule is O=c1c2c(n(O)c3ccc(Cl)cc13)CC(c1ccc(C(F)(F)F)cc1)CC2=NCCCN(CCO)CCO. The molecule has 1 aliphatic rings. The number of aliphatic hydroxyl groups excluding tert-OH is 2. The van der Waals surface area contributed by atoms with Gasteiger partial charge in [-0.05, 0) is 61.1 Å². The van der Waals surface area contributed by atoms with Crippen LogP contribution in [0.5, 0.6) is 0 Å². The summed E-state index contributed by atoms with van der Waals surface area (Å²) in [7, 11) is 0. The van der Waals surface area contributed by atoms with E-state index >= 15 is 0 Å². The summed E-state index contributed by atoms with van der Waals surface area (Å²) in [5.74, 6) is -0.300. The zero-order chi connectivity index (χ0) is 27.4. The van der Waals surface area contributed by atoms with Crippen LogP contribution in [-0.4, -0.2) is 70.2 Å². The molecule has 0 radical (unpaired) electrons. The number of nitrogens with zero attached hydrogens (tertiary/aromatic N) is 3. The molecule has 1 aromatic heterocycles. The average Bonchev–Trinajstić information content (AvgIpc) is 2.89. The second-order valence-corrected chi connectivity index (χ2v) is 9.76. The van der Waals surface area contributed by atoms with Crippen molar-refractivity contribution in [3.8, 4) is 0 Å². The third kappa shape index (κ3) is 6.04. The van der Waals surface area contributed by atoms with Gasteiger partial charge in [-0.1, -0.05) is 23.7 Å². The van der Waals surface area contributed by atoms with Crippen molar-refractivity contribution in [3.63, 3.8) is 0 Å². The van der Waals surface area contributed by atoms with E-state index in [4.69, 9.17) is 16.6 Å². The van der Waals surface area contributed by atoms with E-state index in [2.05, 4.69) is 0 Å². The first-order chi connectivity index (χ1) is 18.1. The van der Waals surface area contributed by atoms with Gasteiger partial charge in [-0.25, -0.2) is 0 Å². The van der Waals surface area contributed by atoms with Crippen LogP contribution < -0.4 is 5.43 Å². The Balaban J connectivity index is 1.71. The van der Waals surface area contributed by atoms with Crippen molar-refractivity contribution in [2.45, 2.75) is 31.4 Å². The highest BCUT2D eigenvalue weighted by Gasteiger charge is 2.33. The van der Waals surface area contributed by atoms with Gasteiger partial charge in [-0.3, -0.25) is 14.7 Å². The standard InChI is InChI=1S/C27H29ClF3N3O4/c28-20-6-7-23-21(16-20)26(37)25-22(32-8-1-9-33(10-12-35)11-13-36)14-18(15-24(25)34(23)38)17-2-4-19(5-3-17)27(29,30)31/h2-7,16,18,35-36,38H,1,8-15H2. The Morgan fingerprint density at radius 3 is 2.34 bits per heavy atom. The van der Waals surface area contributed by atoms with Crippen LogP contribution in [0.1, 0.15) is 41.1 Å². The summed E-state index contributed by atoms with van der Waals surface area (Å²) in [5, 5.41) is 30.1. The molecule has 1 atom stereocenters. The monoisotopic (exact) mass is 551 g/mol. The number of alkyl halides is 3. The molecule has 1 heterocycles. The van der Waals surface area contributed by atoms with E-state index in [1.165, 1.54) is 18.2 Å². The van der Waals surface area contributed by atoms with Crippen LogP contribution in [-0.2, 0) is 12.6 Å². The predicted molar refractivity (Wildman–Crippen MR) is 140 cm³/mol. The fraction of sp³-hybridized carbons (Fsp3) is 0.407. The number of aliphatic hydroxyl groups is 2. The van der Waals surface area contributed by atoms with Gasteiger partial charge < -0.3 is 15.4 Å². The maximum Gasteiger partial charge on any atom is 0.416 e. The molecule has 0 aliphatic heterocycles. The van der Waals surface area contributed by atoms with Crippen molar-refractivity contribution in [3.05, 3.63) is 80.1 Å². The van der Waals surface area contributed by atoms with E-state index in [0.717, 1.165) is 16.9 Å². The number of hydrogen-bond donors (Lipinski definition) is 3. The van der Waals surface area contributed by atoms with Crippen LogP contribution in [0.2, 0.25) is 5.02 Å². The molecule has 3 N–H and O–H groups in total. The van der Waals surface area contributed by atoms with Gasteiger partial charge in [0.25, 0.3) is 0 Å². The number of aromatic nitrogens is 1. The number of benzene rings is 2. The highest BCUT2D eigenvalue weighted by atomic mass is 35.5. The molecule has 0 saturated heterocycles. The summed E-state index contributed by atoms with van der Waals surface area (Å²) in [5.41, 5.74) is 0.987. The molecule has 2 aromatic carbocycles. The third-order valence-electron chi connectivity index (χ3n) is 6.85. The van der Waals surface area contributed by atoms with Crippen molar-refractivity contribution in [2.75, 3.05) is 39.4 Å². The topological polar surface area (TPSA) is 98.3 Å². The van der Waals surface area contributed by atoms with E-state index in [1.807, 2.05) is 4.90 Å². The van der Waals surface area contributed by atoms with Crippen molar-refractivity contribution >= 4 is 28.2 Å². The summed E-state index contributed by atoms with van der Waals surface area (Å²) in [6, 6.07) is 9.54. The molecular formula is C27H29ClF3N3O4. The minimum atomic E-state index is -4.45. The first-order valence-corrected chi connectivity index (χ1v) is 12.7.